The van der Waals surface area contributed by atoms with Crippen LogP contribution in [0.3, 0.4) is 0 Å². The van der Waals surface area contributed by atoms with Crippen LogP contribution < -0.4 is 5.32 Å². The molecular weight excluding hydrogens is 420 g/mol. The highest BCUT2D eigenvalue weighted by molar-refractivity contribution is 5.99. The number of carbonyl (C=O) groups is 1. The Morgan fingerprint density at radius 1 is 1.06 bits per heavy atom. The van der Waals surface area contributed by atoms with Crippen molar-refractivity contribution in [2.24, 2.45) is 0 Å². The van der Waals surface area contributed by atoms with Gasteiger partial charge in [-0.25, -0.2) is 8.78 Å². The Morgan fingerprint density at radius 3 is 2.30 bits per heavy atom. The second kappa shape index (κ2) is 11.9. The number of rotatable bonds is 7. The van der Waals surface area contributed by atoms with E-state index < -0.39 is 5.92 Å². The molecular formula is C28H35F2NO2. The van der Waals surface area contributed by atoms with Crippen LogP contribution in [-0.4, -0.2) is 23.7 Å². The minimum absolute atomic E-state index is 0.0281. The van der Waals surface area contributed by atoms with Crippen molar-refractivity contribution < 1.29 is 18.7 Å². The van der Waals surface area contributed by atoms with Crippen molar-refractivity contribution in [3.63, 3.8) is 0 Å². The molecule has 0 aliphatic rings. The van der Waals surface area contributed by atoms with Crippen LogP contribution in [0.1, 0.15) is 73.5 Å². The van der Waals surface area contributed by atoms with E-state index in [1.165, 1.54) is 23.1 Å². The van der Waals surface area contributed by atoms with Crippen molar-refractivity contribution >= 4 is 16.7 Å². The zero-order valence-electron chi connectivity index (χ0n) is 20.2. The van der Waals surface area contributed by atoms with Crippen molar-refractivity contribution in [3.05, 3.63) is 82.9 Å². The van der Waals surface area contributed by atoms with Gasteiger partial charge in [0.2, 0.25) is 0 Å². The molecule has 3 rings (SSSR count). The van der Waals surface area contributed by atoms with Gasteiger partial charge in [0.15, 0.2) is 0 Å². The maximum Gasteiger partial charge on any atom is 0.270 e. The zero-order chi connectivity index (χ0) is 24.6. The van der Waals surface area contributed by atoms with E-state index in [1.807, 2.05) is 32.0 Å². The molecule has 0 heterocycles. The van der Waals surface area contributed by atoms with Crippen molar-refractivity contribution in [2.75, 3.05) is 6.61 Å². The van der Waals surface area contributed by atoms with Gasteiger partial charge in [0.25, 0.3) is 11.8 Å². The van der Waals surface area contributed by atoms with E-state index in [-0.39, 0.29) is 24.1 Å². The summed E-state index contributed by atoms with van der Waals surface area (Å²) in [6.07, 6.45) is 1.66. The van der Waals surface area contributed by atoms with Gasteiger partial charge < -0.3 is 10.4 Å². The molecule has 0 bridgehead atoms. The van der Waals surface area contributed by atoms with Crippen LogP contribution >= 0.6 is 0 Å². The summed E-state index contributed by atoms with van der Waals surface area (Å²) in [5.74, 6) is -2.29. The lowest BCUT2D eigenvalue weighted by atomic mass is 9.92. The van der Waals surface area contributed by atoms with E-state index >= 15 is 0 Å². The molecule has 3 aromatic carbocycles. The molecule has 0 aromatic heterocycles. The highest BCUT2D eigenvalue weighted by Crippen LogP contribution is 2.28. The Bertz CT molecular complexity index is 1040. The monoisotopic (exact) mass is 455 g/mol. The van der Waals surface area contributed by atoms with Crippen LogP contribution in [0, 0.1) is 6.92 Å². The average Bonchev–Trinajstić information content (AvgIpc) is 2.78. The highest BCUT2D eigenvalue weighted by atomic mass is 19.3. The van der Waals surface area contributed by atoms with Gasteiger partial charge in [0.1, 0.15) is 0 Å². The van der Waals surface area contributed by atoms with E-state index in [9.17, 15) is 13.6 Å². The smallest absolute Gasteiger partial charge is 0.270 e. The maximum atomic E-state index is 12.6. The number of amides is 1. The molecule has 33 heavy (non-hydrogen) atoms. The maximum absolute atomic E-state index is 12.6. The number of halogens is 2. The van der Waals surface area contributed by atoms with Crippen LogP contribution in [0.2, 0.25) is 0 Å². The lowest BCUT2D eigenvalue weighted by Crippen LogP contribution is -2.33. The first-order chi connectivity index (χ1) is 15.6. The third kappa shape index (κ3) is 7.64. The summed E-state index contributed by atoms with van der Waals surface area (Å²) in [5, 5.41) is 14.1. The quantitative estimate of drug-likeness (QED) is 0.404. The molecule has 178 valence electrons. The van der Waals surface area contributed by atoms with Gasteiger partial charge in [-0.2, -0.15) is 0 Å². The second-order valence-electron chi connectivity index (χ2n) is 8.73. The number of carbonyl (C=O) groups excluding carboxylic acids is 1. The molecule has 2 N–H and O–H groups in total. The number of fused-ring (bicyclic) bond motifs is 1. The number of alkyl halides is 2. The van der Waals surface area contributed by atoms with Gasteiger partial charge >= 0.3 is 0 Å². The first-order valence-corrected chi connectivity index (χ1v) is 11.5. The number of aliphatic hydroxyl groups is 1. The van der Waals surface area contributed by atoms with Crippen molar-refractivity contribution in [1.82, 2.24) is 5.32 Å². The van der Waals surface area contributed by atoms with Crippen molar-refractivity contribution in [1.29, 1.82) is 0 Å². The van der Waals surface area contributed by atoms with Gasteiger partial charge in [-0.15, -0.1) is 0 Å². The van der Waals surface area contributed by atoms with Gasteiger partial charge in [0.05, 0.1) is 0 Å². The highest BCUT2D eigenvalue weighted by Gasteiger charge is 2.23. The molecule has 2 atom stereocenters. The molecule has 0 radical (unpaired) electrons. The van der Waals surface area contributed by atoms with Crippen molar-refractivity contribution in [2.45, 2.75) is 65.3 Å². The summed E-state index contributed by atoms with van der Waals surface area (Å²) < 4.78 is 25.2. The van der Waals surface area contributed by atoms with Crippen molar-refractivity contribution in [3.8, 4) is 0 Å². The van der Waals surface area contributed by atoms with Gasteiger partial charge in [-0.1, -0.05) is 67.9 Å². The number of aliphatic hydroxyl groups excluding tert-OH is 1. The lowest BCUT2D eigenvalue weighted by Gasteiger charge is -2.15. The molecule has 0 saturated carbocycles. The molecule has 0 aliphatic heterocycles. The van der Waals surface area contributed by atoms with E-state index in [1.54, 1.807) is 12.1 Å². The normalized spacial score (nSPS) is 13.1. The Kier molecular flexibility index (Phi) is 9.54. The van der Waals surface area contributed by atoms with Crippen LogP contribution in [0.4, 0.5) is 8.78 Å². The van der Waals surface area contributed by atoms with Crippen LogP contribution in [0.5, 0.6) is 0 Å². The SMILES string of the molecule is CCC(C)c1cccc2cc(C(=O)NC(C)CCO)ccc12.Cc1ccc(C(C)(F)F)cc1. The lowest BCUT2D eigenvalue weighted by molar-refractivity contribution is 0.0174. The topological polar surface area (TPSA) is 49.3 Å². The summed E-state index contributed by atoms with van der Waals surface area (Å²) in [7, 11) is 0. The fourth-order valence-corrected chi connectivity index (χ4v) is 3.52. The molecule has 0 aliphatic carbocycles. The minimum Gasteiger partial charge on any atom is -0.396 e. The summed E-state index contributed by atoms with van der Waals surface area (Å²) in [5.41, 5.74) is 3.07. The molecule has 3 aromatic rings. The van der Waals surface area contributed by atoms with E-state index in [4.69, 9.17) is 5.11 Å². The molecule has 0 saturated heterocycles. The Morgan fingerprint density at radius 2 is 1.73 bits per heavy atom. The van der Waals surface area contributed by atoms with E-state index in [2.05, 4.69) is 37.4 Å². The summed E-state index contributed by atoms with van der Waals surface area (Å²) >= 11 is 0. The standard InChI is InChI=1S/C19H25NO2.C9H10F2/c1-4-13(2)17-7-5-6-15-12-16(8-9-18(15)17)19(22)20-14(3)10-11-21;1-7-3-5-8(6-4-7)9(2,10)11/h5-9,12-14,21H,4,10-11H2,1-3H3,(H,20,22);3-6H,1-2H3. The summed E-state index contributed by atoms with van der Waals surface area (Å²) in [4.78, 5) is 12.3. The third-order valence-corrected chi connectivity index (χ3v) is 5.82. The number of hydrogen-bond acceptors (Lipinski definition) is 2. The predicted octanol–water partition coefficient (Wildman–Crippen LogP) is 6.96. The van der Waals surface area contributed by atoms with Gasteiger partial charge in [0, 0.05) is 30.7 Å². The molecule has 1 amide bonds. The van der Waals surface area contributed by atoms with Gasteiger partial charge in [-0.05, 0) is 61.1 Å². The molecule has 0 fully saturated rings. The third-order valence-electron chi connectivity index (χ3n) is 5.82. The largest absolute Gasteiger partial charge is 0.396 e. The van der Waals surface area contributed by atoms with Gasteiger partial charge in [-0.3, -0.25) is 4.79 Å². The number of benzene rings is 3. The second-order valence-corrected chi connectivity index (χ2v) is 8.73. The molecule has 2 unspecified atom stereocenters. The van der Waals surface area contributed by atoms with Crippen LogP contribution in [0.25, 0.3) is 10.8 Å². The molecule has 0 spiro atoms. The predicted molar refractivity (Wildman–Crippen MR) is 132 cm³/mol. The fraction of sp³-hybridized carbons (Fsp3) is 0.393. The zero-order valence-corrected chi connectivity index (χ0v) is 20.2. The Hall–Kier alpha value is -2.79. The first-order valence-electron chi connectivity index (χ1n) is 11.5. The molecule has 5 heteroatoms. The van der Waals surface area contributed by atoms with Crippen LogP contribution in [-0.2, 0) is 5.92 Å². The van der Waals surface area contributed by atoms with Crippen LogP contribution in [0.15, 0.2) is 60.7 Å². The molecule has 3 nitrogen and oxygen atoms in total. The summed E-state index contributed by atoms with van der Waals surface area (Å²) in [6, 6.07) is 18.4. The minimum atomic E-state index is -2.71. The van der Waals surface area contributed by atoms with E-state index in [0.717, 1.165) is 24.3 Å². The Labute approximate surface area is 195 Å². The Balaban J connectivity index is 0.000000294. The average molecular weight is 456 g/mol. The number of hydrogen-bond donors (Lipinski definition) is 2. The number of aryl methyl sites for hydroxylation is 1. The number of nitrogens with one attached hydrogen (secondary N) is 1. The first kappa shape index (κ1) is 26.5. The van der Waals surface area contributed by atoms with E-state index in [0.29, 0.717) is 17.9 Å². The fourth-order valence-electron chi connectivity index (χ4n) is 3.52. The summed E-state index contributed by atoms with van der Waals surface area (Å²) in [6.45, 7) is 9.17.